The second kappa shape index (κ2) is 8.43. The molecule has 0 fully saturated rings. The van der Waals surface area contributed by atoms with E-state index in [0.717, 1.165) is 16.5 Å². The summed E-state index contributed by atoms with van der Waals surface area (Å²) in [7, 11) is 1.73. The highest BCUT2D eigenvalue weighted by atomic mass is 79.9. The quantitative estimate of drug-likeness (QED) is 0.842. The number of pyridine rings is 1. The summed E-state index contributed by atoms with van der Waals surface area (Å²) in [6, 6.07) is 10.8. The number of aromatic nitrogens is 1. The maximum Gasteiger partial charge on any atom is 0.251 e. The topological polar surface area (TPSA) is 62.3 Å². The number of carbonyl (C=O) groups is 2. The van der Waals surface area contributed by atoms with Gasteiger partial charge in [-0.3, -0.25) is 14.6 Å². The molecule has 0 radical (unpaired) electrons. The Morgan fingerprint density at radius 1 is 1.13 bits per heavy atom. The minimum atomic E-state index is -0.256. The number of carbonyl (C=O) groups excluding carboxylic acids is 2. The van der Waals surface area contributed by atoms with Gasteiger partial charge in [0.15, 0.2) is 0 Å². The predicted octanol–water partition coefficient (Wildman–Crippen LogP) is 2.28. The van der Waals surface area contributed by atoms with Crippen molar-refractivity contribution in [2.24, 2.45) is 0 Å². The lowest BCUT2D eigenvalue weighted by molar-refractivity contribution is -0.128. The molecular weight excluding hydrogens is 358 g/mol. The Kier molecular flexibility index (Phi) is 6.29. The standard InChI is InChI=1S/C17H18BrN3O2/c1-21(11-8-13-6-9-19-10-7-13)16(22)12-20-17(23)14-2-4-15(18)5-3-14/h2-7,9-10H,8,11-12H2,1H3,(H,20,23). The van der Waals surface area contributed by atoms with E-state index in [0.29, 0.717) is 12.1 Å². The lowest BCUT2D eigenvalue weighted by Gasteiger charge is -2.17. The molecule has 0 atom stereocenters. The molecule has 120 valence electrons. The first-order valence-electron chi connectivity index (χ1n) is 7.23. The number of amides is 2. The maximum absolute atomic E-state index is 12.0. The first-order valence-corrected chi connectivity index (χ1v) is 8.02. The number of rotatable bonds is 6. The minimum absolute atomic E-state index is 0.0122. The third kappa shape index (κ3) is 5.49. The van der Waals surface area contributed by atoms with Gasteiger partial charge in [0.25, 0.3) is 5.91 Å². The molecule has 23 heavy (non-hydrogen) atoms. The summed E-state index contributed by atoms with van der Waals surface area (Å²) in [5.41, 5.74) is 1.65. The summed E-state index contributed by atoms with van der Waals surface area (Å²) in [5, 5.41) is 2.64. The second-order valence-electron chi connectivity index (χ2n) is 5.11. The second-order valence-corrected chi connectivity index (χ2v) is 6.03. The molecule has 2 rings (SSSR count). The van der Waals surface area contributed by atoms with E-state index in [4.69, 9.17) is 0 Å². The highest BCUT2D eigenvalue weighted by Crippen LogP contribution is 2.10. The van der Waals surface area contributed by atoms with E-state index in [1.165, 1.54) is 0 Å². The Labute approximate surface area is 143 Å². The molecule has 0 saturated heterocycles. The molecule has 1 aromatic heterocycles. The Bertz CT molecular complexity index is 659. The van der Waals surface area contributed by atoms with Crippen LogP contribution >= 0.6 is 15.9 Å². The highest BCUT2D eigenvalue weighted by Gasteiger charge is 2.11. The van der Waals surface area contributed by atoms with Crippen LogP contribution < -0.4 is 5.32 Å². The number of hydrogen-bond acceptors (Lipinski definition) is 3. The number of nitrogens with zero attached hydrogens (tertiary/aromatic N) is 2. The van der Waals surface area contributed by atoms with Crippen molar-refractivity contribution in [1.82, 2.24) is 15.2 Å². The van der Waals surface area contributed by atoms with Gasteiger partial charge in [0, 0.05) is 36.0 Å². The zero-order valence-corrected chi connectivity index (χ0v) is 14.4. The van der Waals surface area contributed by atoms with E-state index < -0.39 is 0 Å². The number of nitrogens with one attached hydrogen (secondary N) is 1. The summed E-state index contributed by atoms with van der Waals surface area (Å²) < 4.78 is 0.904. The van der Waals surface area contributed by atoms with Gasteiger partial charge in [-0.25, -0.2) is 0 Å². The molecule has 2 amide bonds. The van der Waals surface area contributed by atoms with Crippen molar-refractivity contribution in [2.75, 3.05) is 20.1 Å². The van der Waals surface area contributed by atoms with Crippen LogP contribution in [0, 0.1) is 0 Å². The predicted molar refractivity (Wildman–Crippen MR) is 92.1 cm³/mol. The first-order chi connectivity index (χ1) is 11.1. The summed E-state index contributed by atoms with van der Waals surface area (Å²) in [6.07, 6.45) is 4.22. The molecule has 0 bridgehead atoms. The van der Waals surface area contributed by atoms with Gasteiger partial charge in [-0.2, -0.15) is 0 Å². The molecule has 6 heteroatoms. The van der Waals surface area contributed by atoms with Crippen molar-refractivity contribution in [2.45, 2.75) is 6.42 Å². The van der Waals surface area contributed by atoms with Gasteiger partial charge in [-0.15, -0.1) is 0 Å². The van der Waals surface area contributed by atoms with Crippen LogP contribution in [-0.2, 0) is 11.2 Å². The van der Waals surface area contributed by atoms with Gasteiger partial charge in [-0.1, -0.05) is 15.9 Å². The Balaban J connectivity index is 1.77. The molecule has 1 N–H and O–H groups in total. The fourth-order valence-electron chi connectivity index (χ4n) is 1.97. The third-order valence-electron chi connectivity index (χ3n) is 3.42. The SMILES string of the molecule is CN(CCc1ccncc1)C(=O)CNC(=O)c1ccc(Br)cc1. The van der Waals surface area contributed by atoms with E-state index in [1.54, 1.807) is 48.6 Å². The molecular formula is C17H18BrN3O2. The Morgan fingerprint density at radius 2 is 1.78 bits per heavy atom. The van der Waals surface area contributed by atoms with Crippen LogP contribution in [0.5, 0.6) is 0 Å². The van der Waals surface area contributed by atoms with Gasteiger partial charge >= 0.3 is 0 Å². The van der Waals surface area contributed by atoms with E-state index >= 15 is 0 Å². The lowest BCUT2D eigenvalue weighted by atomic mass is 10.2. The molecule has 0 spiro atoms. The van der Waals surface area contributed by atoms with Crippen LogP contribution in [0.1, 0.15) is 15.9 Å². The maximum atomic E-state index is 12.0. The van der Waals surface area contributed by atoms with E-state index in [-0.39, 0.29) is 18.4 Å². The number of benzene rings is 1. The van der Waals surface area contributed by atoms with Gasteiger partial charge in [0.05, 0.1) is 6.54 Å². The number of hydrogen-bond donors (Lipinski definition) is 1. The average Bonchev–Trinajstić information content (AvgIpc) is 2.58. The molecule has 1 heterocycles. The zero-order valence-electron chi connectivity index (χ0n) is 12.8. The summed E-state index contributed by atoms with van der Waals surface area (Å²) in [6.45, 7) is 0.582. The molecule has 2 aromatic rings. The molecule has 1 aromatic carbocycles. The number of halogens is 1. The molecule has 0 aliphatic rings. The van der Waals surface area contributed by atoms with Crippen LogP contribution in [-0.4, -0.2) is 41.8 Å². The minimum Gasteiger partial charge on any atom is -0.344 e. The van der Waals surface area contributed by atoms with Crippen molar-refractivity contribution >= 4 is 27.7 Å². The zero-order chi connectivity index (χ0) is 16.7. The van der Waals surface area contributed by atoms with Crippen LogP contribution in [0.4, 0.5) is 0 Å². The summed E-state index contributed by atoms with van der Waals surface area (Å²) in [5.74, 6) is -0.377. The summed E-state index contributed by atoms with van der Waals surface area (Å²) in [4.78, 5) is 29.6. The fourth-order valence-corrected chi connectivity index (χ4v) is 2.23. The molecule has 0 saturated carbocycles. The van der Waals surface area contributed by atoms with Crippen molar-refractivity contribution in [1.29, 1.82) is 0 Å². The smallest absolute Gasteiger partial charge is 0.251 e. The lowest BCUT2D eigenvalue weighted by Crippen LogP contribution is -2.39. The largest absolute Gasteiger partial charge is 0.344 e. The van der Waals surface area contributed by atoms with E-state index in [9.17, 15) is 9.59 Å². The molecule has 0 aliphatic heterocycles. The highest BCUT2D eigenvalue weighted by molar-refractivity contribution is 9.10. The average molecular weight is 376 g/mol. The van der Waals surface area contributed by atoms with Crippen LogP contribution in [0.2, 0.25) is 0 Å². The van der Waals surface area contributed by atoms with Crippen LogP contribution in [0.25, 0.3) is 0 Å². The van der Waals surface area contributed by atoms with Gasteiger partial charge in [0.1, 0.15) is 0 Å². The fraction of sp³-hybridized carbons (Fsp3) is 0.235. The van der Waals surface area contributed by atoms with E-state index in [2.05, 4.69) is 26.2 Å². The van der Waals surface area contributed by atoms with Crippen molar-refractivity contribution in [3.63, 3.8) is 0 Å². The van der Waals surface area contributed by atoms with Gasteiger partial charge in [-0.05, 0) is 48.4 Å². The van der Waals surface area contributed by atoms with Crippen LogP contribution in [0.15, 0.2) is 53.3 Å². The van der Waals surface area contributed by atoms with Gasteiger partial charge < -0.3 is 10.2 Å². The Hall–Kier alpha value is -2.21. The normalized spacial score (nSPS) is 10.2. The monoisotopic (exact) mass is 375 g/mol. The summed E-state index contributed by atoms with van der Waals surface area (Å²) >= 11 is 3.32. The third-order valence-corrected chi connectivity index (χ3v) is 3.95. The first kappa shape index (κ1) is 17.1. The van der Waals surface area contributed by atoms with Crippen molar-refractivity contribution in [3.05, 3.63) is 64.4 Å². The molecule has 5 nitrogen and oxygen atoms in total. The van der Waals surface area contributed by atoms with E-state index in [1.807, 2.05) is 12.1 Å². The van der Waals surface area contributed by atoms with Crippen molar-refractivity contribution in [3.8, 4) is 0 Å². The van der Waals surface area contributed by atoms with Crippen LogP contribution in [0.3, 0.4) is 0 Å². The van der Waals surface area contributed by atoms with Gasteiger partial charge in [0.2, 0.25) is 5.91 Å². The van der Waals surface area contributed by atoms with Crippen molar-refractivity contribution < 1.29 is 9.59 Å². The molecule has 0 unspecified atom stereocenters. The molecule has 0 aliphatic carbocycles. The number of likely N-dealkylation sites (N-methyl/N-ethyl adjacent to an activating group) is 1. The Morgan fingerprint density at radius 3 is 2.43 bits per heavy atom.